The molecule has 1 aromatic heterocycles. The molecule has 4 heteroatoms. The van der Waals surface area contributed by atoms with Crippen molar-refractivity contribution in [3.63, 3.8) is 0 Å². The Morgan fingerprint density at radius 2 is 2.33 bits per heavy atom. The molecule has 1 aromatic rings. The molecular formula is C11H15N3S. The van der Waals surface area contributed by atoms with E-state index in [4.69, 9.17) is 5.26 Å². The van der Waals surface area contributed by atoms with Gasteiger partial charge in [-0.15, -0.1) is 0 Å². The Morgan fingerprint density at radius 3 is 2.93 bits per heavy atom. The molecule has 0 radical (unpaired) electrons. The Hall–Kier alpha value is -1.21. The summed E-state index contributed by atoms with van der Waals surface area (Å²) in [6.07, 6.45) is 3.82. The summed E-state index contributed by atoms with van der Waals surface area (Å²) in [6.45, 7) is 2.85. The fourth-order valence-corrected chi connectivity index (χ4v) is 1.76. The van der Waals surface area contributed by atoms with Crippen LogP contribution in [0.25, 0.3) is 0 Å². The highest BCUT2D eigenvalue weighted by Gasteiger charge is 2.10. The minimum atomic E-state index is 0.682. The molecule has 0 aliphatic rings. The molecule has 0 fully saturated rings. The molecular weight excluding hydrogens is 206 g/mol. The number of nitrogens with zero attached hydrogens (tertiary/aromatic N) is 3. The van der Waals surface area contributed by atoms with Gasteiger partial charge < -0.3 is 4.90 Å². The summed E-state index contributed by atoms with van der Waals surface area (Å²) < 4.78 is 0. The van der Waals surface area contributed by atoms with Gasteiger partial charge in [0.15, 0.2) is 0 Å². The lowest BCUT2D eigenvalue weighted by Crippen LogP contribution is -2.22. The van der Waals surface area contributed by atoms with Gasteiger partial charge in [0.1, 0.15) is 11.9 Å². The minimum absolute atomic E-state index is 0.682. The summed E-state index contributed by atoms with van der Waals surface area (Å²) >= 11 is 1.79. The summed E-state index contributed by atoms with van der Waals surface area (Å²) in [6, 6.07) is 4.08. The van der Waals surface area contributed by atoms with Crippen molar-refractivity contribution >= 4 is 17.6 Å². The van der Waals surface area contributed by atoms with Crippen LogP contribution >= 0.6 is 11.8 Å². The number of anilines is 1. The number of hydrogen-bond donors (Lipinski definition) is 0. The highest BCUT2D eigenvalue weighted by molar-refractivity contribution is 7.98. The van der Waals surface area contributed by atoms with Crippen molar-refractivity contribution in [2.24, 2.45) is 0 Å². The largest absolute Gasteiger partial charge is 0.358 e. The van der Waals surface area contributed by atoms with E-state index >= 15 is 0 Å². The molecule has 0 unspecified atom stereocenters. The van der Waals surface area contributed by atoms with E-state index in [0.29, 0.717) is 5.56 Å². The van der Waals surface area contributed by atoms with Crippen LogP contribution in [0.3, 0.4) is 0 Å². The lowest BCUT2D eigenvalue weighted by molar-refractivity contribution is 0.940. The fourth-order valence-electron chi connectivity index (χ4n) is 1.31. The molecule has 0 amide bonds. The number of rotatable bonds is 4. The van der Waals surface area contributed by atoms with Crippen LogP contribution in [0.2, 0.25) is 0 Å². The van der Waals surface area contributed by atoms with Crippen LogP contribution in [-0.2, 0) is 0 Å². The highest BCUT2D eigenvalue weighted by atomic mass is 32.2. The third-order valence-corrected chi connectivity index (χ3v) is 2.83. The second-order valence-corrected chi connectivity index (χ2v) is 4.34. The van der Waals surface area contributed by atoms with Gasteiger partial charge in [-0.05, 0) is 24.8 Å². The number of thioether (sulfide) groups is 1. The van der Waals surface area contributed by atoms with Gasteiger partial charge in [0.25, 0.3) is 0 Å². The van der Waals surface area contributed by atoms with Crippen LogP contribution in [0.4, 0.5) is 5.82 Å². The van der Waals surface area contributed by atoms with E-state index in [-0.39, 0.29) is 0 Å². The second kappa shape index (κ2) is 5.62. The Labute approximate surface area is 95.1 Å². The zero-order valence-electron chi connectivity index (χ0n) is 9.32. The summed E-state index contributed by atoms with van der Waals surface area (Å²) in [7, 11) is 1.97. The molecule has 0 saturated heterocycles. The SMILES string of the molecule is CSCCN(C)c1nccc(C)c1C#N. The molecule has 0 aromatic carbocycles. The predicted octanol–water partition coefficient (Wildman–Crippen LogP) is 2.06. The lowest BCUT2D eigenvalue weighted by Gasteiger charge is -2.19. The maximum absolute atomic E-state index is 9.05. The average Bonchev–Trinajstić information content (AvgIpc) is 2.25. The van der Waals surface area contributed by atoms with Gasteiger partial charge in [0.05, 0.1) is 5.56 Å². The standard InChI is InChI=1S/C11H15N3S/c1-9-4-5-13-11(10(9)8-12)14(2)6-7-15-3/h4-5H,6-7H2,1-3H3. The van der Waals surface area contributed by atoms with Crippen LogP contribution in [-0.4, -0.2) is 30.6 Å². The number of nitriles is 1. The van der Waals surface area contributed by atoms with Crippen molar-refractivity contribution < 1.29 is 0 Å². The molecule has 80 valence electrons. The Bertz CT molecular complexity index is 371. The van der Waals surface area contributed by atoms with Crippen LogP contribution in [0.5, 0.6) is 0 Å². The van der Waals surface area contributed by atoms with Crippen molar-refractivity contribution in [1.82, 2.24) is 4.98 Å². The van der Waals surface area contributed by atoms with Gasteiger partial charge >= 0.3 is 0 Å². The number of pyridine rings is 1. The first kappa shape index (κ1) is 11.9. The second-order valence-electron chi connectivity index (χ2n) is 3.35. The van der Waals surface area contributed by atoms with Crippen molar-refractivity contribution in [2.75, 3.05) is 30.5 Å². The topological polar surface area (TPSA) is 39.9 Å². The quantitative estimate of drug-likeness (QED) is 0.780. The van der Waals surface area contributed by atoms with Crippen molar-refractivity contribution in [3.05, 3.63) is 23.4 Å². The Kier molecular flexibility index (Phi) is 4.44. The van der Waals surface area contributed by atoms with E-state index in [1.807, 2.05) is 24.9 Å². The first-order valence-electron chi connectivity index (χ1n) is 4.76. The molecule has 0 bridgehead atoms. The van der Waals surface area contributed by atoms with Crippen LogP contribution in [0, 0.1) is 18.3 Å². The molecule has 0 spiro atoms. The van der Waals surface area contributed by atoms with Crippen LogP contribution in [0.15, 0.2) is 12.3 Å². The monoisotopic (exact) mass is 221 g/mol. The minimum Gasteiger partial charge on any atom is -0.358 e. The third-order valence-electron chi connectivity index (χ3n) is 2.24. The normalized spacial score (nSPS) is 9.73. The van der Waals surface area contributed by atoms with Gasteiger partial charge in [0.2, 0.25) is 0 Å². The zero-order valence-corrected chi connectivity index (χ0v) is 10.1. The van der Waals surface area contributed by atoms with Gasteiger partial charge in [0, 0.05) is 25.5 Å². The molecule has 0 saturated carbocycles. The maximum atomic E-state index is 9.05. The predicted molar refractivity (Wildman–Crippen MR) is 65.3 cm³/mol. The highest BCUT2D eigenvalue weighted by Crippen LogP contribution is 2.18. The van der Waals surface area contributed by atoms with Crippen LogP contribution < -0.4 is 4.90 Å². The van der Waals surface area contributed by atoms with Gasteiger partial charge in [-0.25, -0.2) is 4.98 Å². The number of aromatic nitrogens is 1. The molecule has 0 aliphatic heterocycles. The summed E-state index contributed by atoms with van der Waals surface area (Å²) in [5, 5.41) is 9.05. The molecule has 1 heterocycles. The summed E-state index contributed by atoms with van der Waals surface area (Å²) in [4.78, 5) is 6.29. The van der Waals surface area contributed by atoms with E-state index in [2.05, 4.69) is 17.3 Å². The van der Waals surface area contributed by atoms with Gasteiger partial charge in [-0.2, -0.15) is 17.0 Å². The van der Waals surface area contributed by atoms with E-state index in [1.165, 1.54) is 0 Å². The van der Waals surface area contributed by atoms with E-state index in [0.717, 1.165) is 23.7 Å². The first-order chi connectivity index (χ1) is 7.20. The van der Waals surface area contributed by atoms with E-state index < -0.39 is 0 Å². The van der Waals surface area contributed by atoms with E-state index in [1.54, 1.807) is 18.0 Å². The molecule has 1 rings (SSSR count). The number of aryl methyl sites for hydroxylation is 1. The molecule has 0 N–H and O–H groups in total. The van der Waals surface area contributed by atoms with Gasteiger partial charge in [-0.3, -0.25) is 0 Å². The zero-order chi connectivity index (χ0) is 11.3. The van der Waals surface area contributed by atoms with Gasteiger partial charge in [-0.1, -0.05) is 0 Å². The summed E-state index contributed by atoms with van der Waals surface area (Å²) in [5.74, 6) is 1.82. The lowest BCUT2D eigenvalue weighted by atomic mass is 10.1. The van der Waals surface area contributed by atoms with Crippen molar-refractivity contribution in [2.45, 2.75) is 6.92 Å². The number of hydrogen-bond acceptors (Lipinski definition) is 4. The third kappa shape index (κ3) is 2.87. The Morgan fingerprint density at radius 1 is 1.60 bits per heavy atom. The molecule has 0 atom stereocenters. The first-order valence-corrected chi connectivity index (χ1v) is 6.16. The maximum Gasteiger partial charge on any atom is 0.146 e. The van der Waals surface area contributed by atoms with Crippen molar-refractivity contribution in [1.29, 1.82) is 5.26 Å². The van der Waals surface area contributed by atoms with E-state index in [9.17, 15) is 0 Å². The summed E-state index contributed by atoms with van der Waals surface area (Å²) in [5.41, 5.74) is 1.67. The smallest absolute Gasteiger partial charge is 0.146 e. The molecule has 3 nitrogen and oxygen atoms in total. The van der Waals surface area contributed by atoms with Crippen LogP contribution in [0.1, 0.15) is 11.1 Å². The molecule has 15 heavy (non-hydrogen) atoms. The average molecular weight is 221 g/mol. The Balaban J connectivity index is 2.93. The molecule has 0 aliphatic carbocycles. The van der Waals surface area contributed by atoms with Crippen molar-refractivity contribution in [3.8, 4) is 6.07 Å². The fraction of sp³-hybridized carbons (Fsp3) is 0.455.